The molecule has 2 heterocycles. The Bertz CT molecular complexity index is 871. The van der Waals surface area contributed by atoms with Gasteiger partial charge in [-0.2, -0.15) is 0 Å². The van der Waals surface area contributed by atoms with Gasteiger partial charge in [0, 0.05) is 30.0 Å². The summed E-state index contributed by atoms with van der Waals surface area (Å²) in [7, 11) is 0. The second-order valence-electron chi connectivity index (χ2n) is 6.25. The third-order valence-corrected chi connectivity index (χ3v) is 5.91. The Labute approximate surface area is 169 Å². The lowest BCUT2D eigenvalue weighted by Crippen LogP contribution is -2.34. The zero-order valence-corrected chi connectivity index (χ0v) is 16.5. The van der Waals surface area contributed by atoms with Crippen LogP contribution < -0.4 is 25.4 Å². The van der Waals surface area contributed by atoms with Gasteiger partial charge in [0.15, 0.2) is 15.8 Å². The first-order valence-corrected chi connectivity index (χ1v) is 10.7. The largest absolute Gasteiger partial charge is 0.486 e. The predicted octanol–water partition coefficient (Wildman–Crippen LogP) is 2.71. The number of fused-ring (bicyclic) bond motifs is 1. The fourth-order valence-electron chi connectivity index (χ4n) is 2.43. The molecular weight excluding hydrogens is 402 g/mol. The first kappa shape index (κ1) is 18.8. The van der Waals surface area contributed by atoms with Crippen LogP contribution in [0.15, 0.2) is 22.5 Å². The Morgan fingerprint density at radius 2 is 2.00 bits per heavy atom. The fraction of sp³-hybridized carbons (Fsp3) is 0.412. The van der Waals surface area contributed by atoms with E-state index in [4.69, 9.17) is 9.47 Å². The summed E-state index contributed by atoms with van der Waals surface area (Å²) >= 11 is 2.92. The van der Waals surface area contributed by atoms with Gasteiger partial charge in [-0.25, -0.2) is 4.79 Å². The summed E-state index contributed by atoms with van der Waals surface area (Å²) in [4.78, 5) is 23.9. The number of benzene rings is 1. The normalized spacial score (nSPS) is 15.0. The van der Waals surface area contributed by atoms with Crippen molar-refractivity contribution in [1.29, 1.82) is 0 Å². The lowest BCUT2D eigenvalue weighted by molar-refractivity contribution is -0.119. The Kier molecular flexibility index (Phi) is 5.81. The van der Waals surface area contributed by atoms with Crippen molar-refractivity contribution in [3.63, 3.8) is 0 Å². The van der Waals surface area contributed by atoms with Crippen molar-refractivity contribution in [2.45, 2.75) is 29.6 Å². The molecule has 0 saturated heterocycles. The van der Waals surface area contributed by atoms with Crippen LogP contribution >= 0.6 is 23.1 Å². The average molecular weight is 422 g/mol. The fourth-order valence-corrected chi connectivity index (χ4v) is 4.27. The maximum atomic E-state index is 12.0. The number of nitrogens with zero attached hydrogens (tertiary/aromatic N) is 2. The molecule has 2 aromatic rings. The highest BCUT2D eigenvalue weighted by molar-refractivity contribution is 8.01. The van der Waals surface area contributed by atoms with Crippen molar-refractivity contribution in [3.8, 4) is 11.5 Å². The molecule has 3 N–H and O–H groups in total. The van der Waals surface area contributed by atoms with Crippen LogP contribution in [0, 0.1) is 0 Å². The van der Waals surface area contributed by atoms with E-state index in [1.54, 1.807) is 18.2 Å². The van der Waals surface area contributed by atoms with E-state index < -0.39 is 6.03 Å². The highest BCUT2D eigenvalue weighted by atomic mass is 32.2. The summed E-state index contributed by atoms with van der Waals surface area (Å²) in [5, 5.41) is 17.2. The minimum atomic E-state index is -0.585. The topological polar surface area (TPSA) is 114 Å². The molecule has 148 valence electrons. The zero-order valence-electron chi connectivity index (χ0n) is 14.9. The van der Waals surface area contributed by atoms with E-state index in [0.717, 1.165) is 9.47 Å². The molecule has 0 unspecified atom stereocenters. The first-order chi connectivity index (χ1) is 13.7. The summed E-state index contributed by atoms with van der Waals surface area (Å²) < 4.78 is 11.7. The number of aromatic nitrogens is 2. The Morgan fingerprint density at radius 3 is 2.82 bits per heavy atom. The second-order valence-corrected chi connectivity index (χ2v) is 8.57. The summed E-state index contributed by atoms with van der Waals surface area (Å²) in [6.45, 7) is 0.966. The molecule has 1 aromatic heterocycles. The minimum absolute atomic E-state index is 0.199. The molecule has 11 heteroatoms. The molecule has 28 heavy (non-hydrogen) atoms. The maximum Gasteiger partial charge on any atom is 0.325 e. The zero-order chi connectivity index (χ0) is 19.3. The molecular formula is C17H19N5O4S2. The summed E-state index contributed by atoms with van der Waals surface area (Å²) in [6, 6.07) is 5.02. The van der Waals surface area contributed by atoms with Gasteiger partial charge in [0.25, 0.3) is 0 Å². The van der Waals surface area contributed by atoms with Crippen LogP contribution in [0.2, 0.25) is 0 Å². The highest BCUT2D eigenvalue weighted by Crippen LogP contribution is 2.32. The summed E-state index contributed by atoms with van der Waals surface area (Å²) in [6.07, 6.45) is 2.55. The van der Waals surface area contributed by atoms with Crippen molar-refractivity contribution in [1.82, 2.24) is 15.5 Å². The van der Waals surface area contributed by atoms with Gasteiger partial charge in [0.05, 0.1) is 0 Å². The van der Waals surface area contributed by atoms with Crippen LogP contribution in [0.1, 0.15) is 19.3 Å². The molecule has 3 amide bonds. The summed E-state index contributed by atoms with van der Waals surface area (Å²) in [5.74, 6) is 1.36. The van der Waals surface area contributed by atoms with Gasteiger partial charge in [-0.3, -0.25) is 10.1 Å². The van der Waals surface area contributed by atoms with Gasteiger partial charge in [0.2, 0.25) is 11.0 Å². The van der Waals surface area contributed by atoms with Crippen molar-refractivity contribution in [2.75, 3.05) is 29.6 Å². The SMILES string of the molecule is O=C(CCSc1nnc(NC2CC2)s1)NC(=O)Nc1ccc2c(c1)OCCO2. The average Bonchev–Trinajstić information content (AvgIpc) is 3.38. The third kappa shape index (κ3) is 5.26. The van der Waals surface area contributed by atoms with Crippen molar-refractivity contribution in [2.24, 2.45) is 0 Å². The molecule has 1 fully saturated rings. The number of hydrogen-bond acceptors (Lipinski definition) is 9. The molecule has 4 rings (SSSR count). The van der Waals surface area contributed by atoms with Gasteiger partial charge < -0.3 is 20.1 Å². The van der Waals surface area contributed by atoms with Crippen molar-refractivity contribution < 1.29 is 19.1 Å². The first-order valence-electron chi connectivity index (χ1n) is 8.89. The maximum absolute atomic E-state index is 12.0. The number of hydrogen-bond donors (Lipinski definition) is 3. The number of anilines is 2. The lowest BCUT2D eigenvalue weighted by atomic mass is 10.2. The molecule has 0 atom stereocenters. The Morgan fingerprint density at radius 1 is 1.18 bits per heavy atom. The van der Waals surface area contributed by atoms with Crippen LogP contribution in [0.5, 0.6) is 11.5 Å². The van der Waals surface area contributed by atoms with Gasteiger partial charge >= 0.3 is 6.03 Å². The highest BCUT2D eigenvalue weighted by Gasteiger charge is 2.22. The van der Waals surface area contributed by atoms with Crippen LogP contribution in [0.25, 0.3) is 0 Å². The van der Waals surface area contributed by atoms with E-state index >= 15 is 0 Å². The Balaban J connectivity index is 1.18. The Hall–Kier alpha value is -2.53. The van der Waals surface area contributed by atoms with E-state index in [9.17, 15) is 9.59 Å². The predicted molar refractivity (Wildman–Crippen MR) is 106 cm³/mol. The molecule has 1 saturated carbocycles. The number of imide groups is 1. The monoisotopic (exact) mass is 421 g/mol. The van der Waals surface area contributed by atoms with Crippen LogP contribution in [-0.2, 0) is 4.79 Å². The van der Waals surface area contributed by atoms with E-state index in [-0.39, 0.29) is 12.3 Å². The molecule has 0 radical (unpaired) electrons. The molecule has 0 bridgehead atoms. The quantitative estimate of drug-likeness (QED) is 0.585. The van der Waals surface area contributed by atoms with E-state index in [2.05, 4.69) is 26.1 Å². The van der Waals surface area contributed by atoms with Crippen molar-refractivity contribution >= 4 is 45.9 Å². The number of rotatable bonds is 7. The third-order valence-electron chi connectivity index (χ3n) is 3.92. The minimum Gasteiger partial charge on any atom is -0.486 e. The smallest absolute Gasteiger partial charge is 0.325 e. The van der Waals surface area contributed by atoms with Gasteiger partial charge in [-0.05, 0) is 25.0 Å². The molecule has 1 aliphatic heterocycles. The number of nitrogens with one attached hydrogen (secondary N) is 3. The van der Waals surface area contributed by atoms with Crippen molar-refractivity contribution in [3.05, 3.63) is 18.2 Å². The van der Waals surface area contributed by atoms with Crippen LogP contribution in [-0.4, -0.2) is 47.1 Å². The molecule has 1 aliphatic carbocycles. The number of thioether (sulfide) groups is 1. The van der Waals surface area contributed by atoms with Gasteiger partial charge in [-0.15, -0.1) is 10.2 Å². The summed E-state index contributed by atoms with van der Waals surface area (Å²) in [5.41, 5.74) is 0.522. The van der Waals surface area contributed by atoms with Crippen LogP contribution in [0.4, 0.5) is 15.6 Å². The number of carbonyl (C=O) groups excluding carboxylic acids is 2. The second kappa shape index (κ2) is 8.65. The van der Waals surface area contributed by atoms with Crippen LogP contribution in [0.3, 0.4) is 0 Å². The van der Waals surface area contributed by atoms with Gasteiger partial charge in [-0.1, -0.05) is 23.1 Å². The van der Waals surface area contributed by atoms with E-state index in [1.807, 2.05) is 0 Å². The molecule has 9 nitrogen and oxygen atoms in total. The van der Waals surface area contributed by atoms with E-state index in [0.29, 0.717) is 42.2 Å². The number of carbonyl (C=O) groups is 2. The molecule has 1 aromatic carbocycles. The number of urea groups is 1. The van der Waals surface area contributed by atoms with Gasteiger partial charge in [0.1, 0.15) is 13.2 Å². The number of ether oxygens (including phenoxy) is 2. The molecule has 0 spiro atoms. The lowest BCUT2D eigenvalue weighted by Gasteiger charge is -2.19. The number of amides is 3. The standard InChI is InChI=1S/C17H19N5O4S2/c23-14(5-8-27-17-22-21-16(28-17)19-10-1-2-10)20-15(24)18-11-3-4-12-13(9-11)26-7-6-25-12/h3-4,9-10H,1-2,5-8H2,(H,19,21)(H2,18,20,23,24). The van der Waals surface area contributed by atoms with E-state index in [1.165, 1.54) is 35.9 Å². The molecule has 2 aliphatic rings.